The summed E-state index contributed by atoms with van der Waals surface area (Å²) in [7, 11) is 0. The first-order valence-electron chi connectivity index (χ1n) is 11.2. The van der Waals surface area contributed by atoms with Gasteiger partial charge in [-0.05, 0) is 29.8 Å². The molecule has 1 aliphatic heterocycles. The van der Waals surface area contributed by atoms with E-state index in [-0.39, 0.29) is 31.3 Å². The van der Waals surface area contributed by atoms with Gasteiger partial charge in [0.05, 0.1) is 5.69 Å². The minimum Gasteiger partial charge on any atom is -0.480 e. The largest absolute Gasteiger partial charge is 0.480 e. The minimum atomic E-state index is -1.01. The Labute approximate surface area is 206 Å². The second-order valence-corrected chi connectivity index (χ2v) is 8.55. The molecule has 11 heteroatoms. The van der Waals surface area contributed by atoms with Crippen molar-refractivity contribution in [2.75, 3.05) is 6.54 Å². The Kier molecular flexibility index (Phi) is 7.09. The quantitative estimate of drug-likeness (QED) is 0.275. The van der Waals surface area contributed by atoms with Crippen LogP contribution in [-0.4, -0.2) is 56.0 Å². The van der Waals surface area contributed by atoms with E-state index >= 15 is 0 Å². The van der Waals surface area contributed by atoms with E-state index in [1.54, 1.807) is 35.4 Å². The summed E-state index contributed by atoms with van der Waals surface area (Å²) >= 11 is 0. The number of aromatic nitrogens is 2. The third kappa shape index (κ3) is 5.74. The molecule has 2 heterocycles. The number of carboxylic acid groups (broad SMARTS) is 1. The van der Waals surface area contributed by atoms with Gasteiger partial charge in [0.1, 0.15) is 24.2 Å². The minimum absolute atomic E-state index is 0.123. The molecule has 0 unspecified atom stereocenters. The van der Waals surface area contributed by atoms with Crippen molar-refractivity contribution in [2.24, 2.45) is 5.73 Å². The maximum absolute atomic E-state index is 13.5. The molecule has 4 rings (SSSR count). The second-order valence-electron chi connectivity index (χ2n) is 8.55. The average molecular weight is 493 g/mol. The van der Waals surface area contributed by atoms with Crippen molar-refractivity contribution < 1.29 is 23.9 Å². The number of carboxylic acids is 1. The van der Waals surface area contributed by atoms with Gasteiger partial charge in [0.25, 0.3) is 5.91 Å². The molecule has 1 atom stereocenters. The SMILES string of the molecule is N=C(N)c1ccc(C(=O)N[C@@H](Cc2ccc(F)cc2)C(=O)N2CCc3nn(CC(=O)O)cc3C2)cc1. The number of rotatable bonds is 8. The number of amides is 2. The fraction of sp³-hybridized carbons (Fsp3) is 0.240. The van der Waals surface area contributed by atoms with E-state index in [4.69, 9.17) is 16.2 Å². The number of hydrogen-bond acceptors (Lipinski definition) is 5. The van der Waals surface area contributed by atoms with Gasteiger partial charge in [-0.2, -0.15) is 5.10 Å². The molecule has 1 aliphatic rings. The average Bonchev–Trinajstić information content (AvgIpc) is 3.25. The summed E-state index contributed by atoms with van der Waals surface area (Å²) in [5.41, 5.74) is 8.41. The van der Waals surface area contributed by atoms with E-state index in [0.29, 0.717) is 29.7 Å². The van der Waals surface area contributed by atoms with Crippen LogP contribution >= 0.6 is 0 Å². The second kappa shape index (κ2) is 10.4. The van der Waals surface area contributed by atoms with E-state index in [1.165, 1.54) is 28.9 Å². The maximum Gasteiger partial charge on any atom is 0.325 e. The first kappa shape index (κ1) is 24.6. The predicted octanol–water partition coefficient (Wildman–Crippen LogP) is 1.32. The Morgan fingerprint density at radius 1 is 1.11 bits per heavy atom. The highest BCUT2D eigenvalue weighted by atomic mass is 19.1. The monoisotopic (exact) mass is 492 g/mol. The first-order chi connectivity index (χ1) is 17.2. The molecule has 10 nitrogen and oxygen atoms in total. The van der Waals surface area contributed by atoms with Gasteiger partial charge in [0, 0.05) is 48.8 Å². The van der Waals surface area contributed by atoms with Crippen molar-refractivity contribution in [1.82, 2.24) is 20.0 Å². The lowest BCUT2D eigenvalue weighted by Gasteiger charge is -2.30. The summed E-state index contributed by atoms with van der Waals surface area (Å²) in [4.78, 5) is 39.1. The Bertz CT molecular complexity index is 1300. The summed E-state index contributed by atoms with van der Waals surface area (Å²) in [5, 5.41) is 23.6. The van der Waals surface area contributed by atoms with Crippen LogP contribution in [0.4, 0.5) is 4.39 Å². The zero-order chi connectivity index (χ0) is 25.8. The molecule has 0 spiro atoms. The van der Waals surface area contributed by atoms with Crippen LogP contribution in [0.3, 0.4) is 0 Å². The number of halogens is 1. The Morgan fingerprint density at radius 3 is 2.42 bits per heavy atom. The number of nitrogen functional groups attached to an aromatic ring is 1. The molecule has 0 aliphatic carbocycles. The van der Waals surface area contributed by atoms with Crippen LogP contribution in [0.25, 0.3) is 0 Å². The van der Waals surface area contributed by atoms with Gasteiger partial charge in [-0.25, -0.2) is 4.39 Å². The van der Waals surface area contributed by atoms with Crippen LogP contribution < -0.4 is 11.1 Å². The number of fused-ring (bicyclic) bond motifs is 1. The van der Waals surface area contributed by atoms with E-state index in [0.717, 1.165) is 11.3 Å². The van der Waals surface area contributed by atoms with Gasteiger partial charge in [-0.15, -0.1) is 0 Å². The van der Waals surface area contributed by atoms with Crippen molar-refractivity contribution in [3.05, 3.63) is 88.5 Å². The molecule has 2 amide bonds. The molecule has 36 heavy (non-hydrogen) atoms. The highest BCUT2D eigenvalue weighted by Crippen LogP contribution is 2.19. The molecule has 0 saturated heterocycles. The predicted molar refractivity (Wildman–Crippen MR) is 128 cm³/mol. The number of carbonyl (C=O) groups is 3. The normalized spacial score (nSPS) is 13.5. The van der Waals surface area contributed by atoms with Gasteiger partial charge < -0.3 is 21.1 Å². The van der Waals surface area contributed by atoms with Crippen LogP contribution in [0.1, 0.15) is 32.7 Å². The Morgan fingerprint density at radius 2 is 1.78 bits per heavy atom. The molecule has 3 aromatic rings. The summed E-state index contributed by atoms with van der Waals surface area (Å²) in [6.07, 6.45) is 2.22. The third-order valence-corrected chi connectivity index (χ3v) is 5.93. The zero-order valence-electron chi connectivity index (χ0n) is 19.3. The Balaban J connectivity index is 1.53. The number of benzene rings is 2. The third-order valence-electron chi connectivity index (χ3n) is 5.93. The number of amidine groups is 1. The zero-order valence-corrected chi connectivity index (χ0v) is 19.3. The number of nitrogens with one attached hydrogen (secondary N) is 2. The van der Waals surface area contributed by atoms with E-state index in [9.17, 15) is 18.8 Å². The molecule has 2 aromatic carbocycles. The van der Waals surface area contributed by atoms with Crippen LogP contribution in [0.2, 0.25) is 0 Å². The van der Waals surface area contributed by atoms with E-state index in [1.807, 2.05) is 0 Å². The fourth-order valence-electron chi connectivity index (χ4n) is 4.10. The van der Waals surface area contributed by atoms with Gasteiger partial charge in [0.15, 0.2) is 0 Å². The molecular weight excluding hydrogens is 467 g/mol. The van der Waals surface area contributed by atoms with E-state index < -0.39 is 23.7 Å². The maximum atomic E-state index is 13.5. The summed E-state index contributed by atoms with van der Waals surface area (Å²) < 4.78 is 14.7. The lowest BCUT2D eigenvalue weighted by atomic mass is 10.0. The number of aliphatic carboxylic acids is 1. The van der Waals surface area contributed by atoms with Crippen LogP contribution in [0.5, 0.6) is 0 Å². The van der Waals surface area contributed by atoms with Crippen molar-refractivity contribution in [2.45, 2.75) is 32.0 Å². The van der Waals surface area contributed by atoms with Crippen molar-refractivity contribution in [3.63, 3.8) is 0 Å². The number of nitrogens with two attached hydrogens (primary N) is 1. The highest BCUT2D eigenvalue weighted by molar-refractivity contribution is 5.99. The summed E-state index contributed by atoms with van der Waals surface area (Å²) in [5.74, 6) is -2.33. The Hall–Kier alpha value is -4.54. The first-order valence-corrected chi connectivity index (χ1v) is 11.2. The van der Waals surface area contributed by atoms with Crippen LogP contribution in [-0.2, 0) is 35.5 Å². The summed E-state index contributed by atoms with van der Waals surface area (Å²) in [6, 6.07) is 10.9. The van der Waals surface area contributed by atoms with Crippen molar-refractivity contribution in [3.8, 4) is 0 Å². The molecule has 186 valence electrons. The molecule has 1 aromatic heterocycles. The molecule has 0 bridgehead atoms. The highest BCUT2D eigenvalue weighted by Gasteiger charge is 2.30. The standard InChI is InChI=1S/C25H25FN6O4/c26-19-7-1-15(2-8-19)11-21(29-24(35)17-5-3-16(4-6-17)23(27)28)25(36)31-10-9-20-18(12-31)13-32(30-20)14-22(33)34/h1-8,13,21H,9-12,14H2,(H3,27,28)(H,29,35)(H,33,34)/t21-/m0/s1. The molecular formula is C25H25FN6O4. The molecule has 0 radical (unpaired) electrons. The van der Waals surface area contributed by atoms with Gasteiger partial charge in [0.2, 0.25) is 5.91 Å². The molecule has 0 fully saturated rings. The lowest BCUT2D eigenvalue weighted by Crippen LogP contribution is -2.50. The number of nitrogens with zero attached hydrogens (tertiary/aromatic N) is 3. The van der Waals surface area contributed by atoms with Crippen molar-refractivity contribution in [1.29, 1.82) is 5.41 Å². The van der Waals surface area contributed by atoms with E-state index in [2.05, 4.69) is 10.4 Å². The lowest BCUT2D eigenvalue weighted by molar-refractivity contribution is -0.138. The molecule has 0 saturated carbocycles. The fourth-order valence-corrected chi connectivity index (χ4v) is 4.10. The van der Waals surface area contributed by atoms with Crippen LogP contribution in [0.15, 0.2) is 54.7 Å². The number of carbonyl (C=O) groups excluding carboxylic acids is 2. The molecule has 5 N–H and O–H groups in total. The van der Waals surface area contributed by atoms with Gasteiger partial charge >= 0.3 is 5.97 Å². The topological polar surface area (TPSA) is 154 Å². The van der Waals surface area contributed by atoms with Crippen molar-refractivity contribution >= 4 is 23.6 Å². The number of hydrogen-bond donors (Lipinski definition) is 4. The summed E-state index contributed by atoms with van der Waals surface area (Å²) in [6.45, 7) is 0.322. The smallest absolute Gasteiger partial charge is 0.325 e. The van der Waals surface area contributed by atoms with Gasteiger partial charge in [-0.1, -0.05) is 24.3 Å². The van der Waals surface area contributed by atoms with Crippen LogP contribution in [0, 0.1) is 11.2 Å². The van der Waals surface area contributed by atoms with Gasteiger partial charge in [-0.3, -0.25) is 24.5 Å².